The van der Waals surface area contributed by atoms with E-state index in [1.165, 1.54) is 49.9 Å². The first-order valence-corrected chi connectivity index (χ1v) is 19.6. The van der Waals surface area contributed by atoms with Crippen LogP contribution in [0, 0.1) is 29.1 Å². The summed E-state index contributed by atoms with van der Waals surface area (Å²) < 4.78 is 6.54. The second-order valence-electron chi connectivity index (χ2n) is 18.8. The lowest BCUT2D eigenvalue weighted by Gasteiger charge is -2.44. The van der Waals surface area contributed by atoms with Gasteiger partial charge in [-0.3, -0.25) is 4.90 Å². The van der Waals surface area contributed by atoms with E-state index < -0.39 is 0 Å². The van der Waals surface area contributed by atoms with Gasteiger partial charge in [0.05, 0.1) is 4.88 Å². The molecule has 3 aromatic rings. The van der Waals surface area contributed by atoms with Crippen LogP contribution in [-0.4, -0.2) is 46.6 Å². The normalized spacial score (nSPS) is 17.5. The molecule has 0 atom stereocenters. The monoisotopic (exact) mass is 697 g/mol. The highest BCUT2D eigenvalue weighted by Gasteiger charge is 2.33. The van der Waals surface area contributed by atoms with Gasteiger partial charge >= 0.3 is 0 Å². The van der Waals surface area contributed by atoms with Crippen molar-refractivity contribution in [3.05, 3.63) is 52.8 Å². The Morgan fingerprint density at radius 3 is 1.98 bits per heavy atom. The van der Waals surface area contributed by atoms with E-state index in [2.05, 4.69) is 122 Å². The van der Waals surface area contributed by atoms with Crippen LogP contribution in [0.3, 0.4) is 0 Å². The van der Waals surface area contributed by atoms with Crippen LogP contribution >= 0.6 is 11.3 Å². The summed E-state index contributed by atoms with van der Waals surface area (Å²) in [6.45, 7) is 32.1. The first kappa shape index (κ1) is 38.2. The Balaban J connectivity index is 1.30. The van der Waals surface area contributed by atoms with E-state index in [1.807, 2.05) is 18.5 Å². The van der Waals surface area contributed by atoms with E-state index in [9.17, 15) is 0 Å². The average Bonchev–Trinajstić information content (AvgIpc) is 3.52. The summed E-state index contributed by atoms with van der Waals surface area (Å²) in [5.74, 6) is 9.57. The molecule has 4 heterocycles. The molecule has 2 aromatic heterocycles. The van der Waals surface area contributed by atoms with Crippen LogP contribution in [0.1, 0.15) is 131 Å². The van der Waals surface area contributed by atoms with E-state index >= 15 is 0 Å². The third-order valence-electron chi connectivity index (χ3n) is 10.4. The fourth-order valence-electron chi connectivity index (χ4n) is 7.63. The predicted octanol–water partition coefficient (Wildman–Crippen LogP) is 10.1. The molecule has 0 unspecified atom stereocenters. The van der Waals surface area contributed by atoms with Crippen molar-refractivity contribution < 1.29 is 4.74 Å². The molecule has 272 valence electrons. The van der Waals surface area contributed by atoms with Gasteiger partial charge in [-0.15, -0.1) is 0 Å². The number of pyridine rings is 1. The molecule has 50 heavy (non-hydrogen) atoms. The van der Waals surface area contributed by atoms with E-state index in [4.69, 9.17) is 15.5 Å². The van der Waals surface area contributed by atoms with Gasteiger partial charge in [0.2, 0.25) is 0 Å². The lowest BCUT2D eigenvalue weighted by Crippen LogP contribution is -2.47. The highest BCUT2D eigenvalue weighted by atomic mass is 32.1. The number of anilines is 2. The van der Waals surface area contributed by atoms with Crippen molar-refractivity contribution in [1.29, 1.82) is 0 Å². The maximum Gasteiger partial charge on any atom is 0.185 e. The molecule has 1 aromatic carbocycles. The van der Waals surface area contributed by atoms with Gasteiger partial charge in [0.15, 0.2) is 16.7 Å². The lowest BCUT2D eigenvalue weighted by molar-refractivity contribution is 0.0656. The smallest absolute Gasteiger partial charge is 0.185 e. The van der Waals surface area contributed by atoms with Crippen molar-refractivity contribution in [1.82, 2.24) is 14.9 Å². The average molecular weight is 698 g/mol. The number of nitrogens with two attached hydrogens (primary N) is 1. The zero-order valence-electron chi connectivity index (χ0n) is 33.1. The fourth-order valence-corrected chi connectivity index (χ4v) is 8.58. The zero-order valence-corrected chi connectivity index (χ0v) is 33.9. The van der Waals surface area contributed by atoms with Crippen LogP contribution in [0.5, 0.6) is 5.75 Å². The van der Waals surface area contributed by atoms with Gasteiger partial charge in [-0.25, -0.2) is 9.97 Å². The molecule has 0 aliphatic carbocycles. The molecule has 0 spiro atoms. The van der Waals surface area contributed by atoms with Crippen LogP contribution in [0.4, 0.5) is 10.9 Å². The van der Waals surface area contributed by atoms with Crippen LogP contribution in [-0.2, 0) is 17.4 Å². The summed E-state index contributed by atoms with van der Waals surface area (Å²) in [6.07, 6.45) is 9.01. The Kier molecular flexibility index (Phi) is 11.1. The molecule has 0 amide bonds. The van der Waals surface area contributed by atoms with Crippen molar-refractivity contribution in [2.45, 2.75) is 132 Å². The molecule has 0 bridgehead atoms. The summed E-state index contributed by atoms with van der Waals surface area (Å²) in [4.78, 5) is 15.7. The number of likely N-dealkylation sites (tertiary alicyclic amines) is 1. The molecular formula is C43H63N5OS. The van der Waals surface area contributed by atoms with Crippen molar-refractivity contribution >= 4 is 22.3 Å². The van der Waals surface area contributed by atoms with E-state index in [1.54, 1.807) is 11.3 Å². The van der Waals surface area contributed by atoms with Crippen LogP contribution in [0.15, 0.2) is 30.6 Å². The van der Waals surface area contributed by atoms with Crippen molar-refractivity contribution in [3.8, 4) is 28.0 Å². The number of benzene rings is 1. The minimum absolute atomic E-state index is 0.0552. The topological polar surface area (TPSA) is 67.5 Å². The number of hydrogen-bond donors (Lipinski definition) is 1. The number of piperidine rings is 2. The Bertz CT molecular complexity index is 1690. The number of rotatable bonds is 6. The van der Waals surface area contributed by atoms with Gasteiger partial charge in [0.1, 0.15) is 6.61 Å². The molecule has 0 saturated carbocycles. The molecular weight excluding hydrogens is 635 g/mol. The maximum absolute atomic E-state index is 6.54. The number of hydrogen-bond acceptors (Lipinski definition) is 7. The Morgan fingerprint density at radius 2 is 1.42 bits per heavy atom. The number of nitrogens with zero attached hydrogens (tertiary/aromatic N) is 4. The quantitative estimate of drug-likeness (QED) is 0.259. The van der Waals surface area contributed by atoms with Crippen LogP contribution < -0.4 is 15.4 Å². The summed E-state index contributed by atoms with van der Waals surface area (Å²) in [7, 11) is 0. The third-order valence-corrected chi connectivity index (χ3v) is 11.5. The Labute approximate surface area is 307 Å². The molecule has 6 nitrogen and oxygen atoms in total. The van der Waals surface area contributed by atoms with Gasteiger partial charge in [-0.2, -0.15) is 0 Å². The second-order valence-corrected chi connectivity index (χ2v) is 19.8. The van der Waals surface area contributed by atoms with Gasteiger partial charge in [0, 0.05) is 47.6 Å². The maximum atomic E-state index is 6.54. The third kappa shape index (κ3) is 9.42. The molecule has 2 aliphatic heterocycles. The minimum Gasteiger partial charge on any atom is -0.485 e. The molecule has 2 N–H and O–H groups in total. The summed E-state index contributed by atoms with van der Waals surface area (Å²) in [5.41, 5.74) is 12.2. The van der Waals surface area contributed by atoms with Crippen molar-refractivity contribution in [3.63, 3.8) is 0 Å². The molecule has 5 rings (SSSR count). The van der Waals surface area contributed by atoms with Gasteiger partial charge in [-0.05, 0) is 138 Å². The number of nitrogen functional groups attached to an aromatic ring is 1. The Hall–Kier alpha value is -3.08. The molecule has 2 saturated heterocycles. The Morgan fingerprint density at radius 1 is 0.800 bits per heavy atom. The first-order valence-electron chi connectivity index (χ1n) is 18.7. The number of ether oxygens (including phenoxy) is 1. The minimum atomic E-state index is -0.0846. The SMILES string of the molecule is CC(C)(C)C#Cc1cc(COc2cc(-c3cnc(N4CCC(C5CCN(C(C)(C)C)CC5)CC4)s3)cnc2N)c(C(C)(C)C)c(C(C)(C)C)c1. The zero-order chi connectivity index (χ0) is 36.6. The van der Waals surface area contributed by atoms with Gasteiger partial charge in [0.25, 0.3) is 0 Å². The molecule has 0 radical (unpaired) electrons. The molecule has 2 aliphatic rings. The van der Waals surface area contributed by atoms with E-state index in [0.717, 1.165) is 51.6 Å². The van der Waals surface area contributed by atoms with Gasteiger partial charge < -0.3 is 15.4 Å². The van der Waals surface area contributed by atoms with Gasteiger partial charge in [-0.1, -0.05) is 64.7 Å². The highest BCUT2D eigenvalue weighted by molar-refractivity contribution is 7.18. The fraction of sp³-hybridized carbons (Fsp3) is 0.628. The summed E-state index contributed by atoms with van der Waals surface area (Å²) >= 11 is 1.74. The summed E-state index contributed by atoms with van der Waals surface area (Å²) in [5, 5.41) is 1.10. The molecule has 2 fully saturated rings. The summed E-state index contributed by atoms with van der Waals surface area (Å²) in [6, 6.07) is 6.51. The number of thiazole rings is 1. The second kappa shape index (κ2) is 14.5. The molecule has 7 heteroatoms. The highest BCUT2D eigenvalue weighted by Crippen LogP contribution is 2.40. The van der Waals surface area contributed by atoms with Crippen molar-refractivity contribution in [2.75, 3.05) is 36.8 Å². The van der Waals surface area contributed by atoms with Crippen LogP contribution in [0.25, 0.3) is 10.4 Å². The number of aromatic nitrogens is 2. The standard InChI is InChI=1S/C43H63N5OS/c1-40(2,3)18-13-29-23-33(37(42(7,8)9)34(24-29)41(4,5)6)28-49-35-25-32(26-45-38(35)44)36-27-46-39(50-36)47-19-14-30(15-20-47)31-16-21-48(22-17-31)43(10,11)12/h23-27,30-31H,14-17,19-22,28H2,1-12H3,(H2,44,45). The van der Waals surface area contributed by atoms with E-state index in [0.29, 0.717) is 18.2 Å². The predicted molar refractivity (Wildman–Crippen MR) is 213 cm³/mol. The first-order chi connectivity index (χ1) is 23.2. The largest absolute Gasteiger partial charge is 0.485 e. The van der Waals surface area contributed by atoms with Crippen LogP contribution in [0.2, 0.25) is 0 Å². The van der Waals surface area contributed by atoms with Crippen molar-refractivity contribution in [2.24, 2.45) is 17.3 Å². The van der Waals surface area contributed by atoms with E-state index in [-0.39, 0.29) is 21.8 Å². The lowest BCUT2D eigenvalue weighted by atomic mass is 9.72.